The number of carbonyl (C=O) groups is 3. The molecular formula is C34H34ClN3O7S2. The molecule has 13 heteroatoms. The van der Waals surface area contributed by atoms with E-state index in [1.54, 1.807) is 6.08 Å². The Kier molecular flexibility index (Phi) is 11.9. The van der Waals surface area contributed by atoms with Gasteiger partial charge >= 0.3 is 5.97 Å². The Morgan fingerprint density at radius 1 is 1.02 bits per heavy atom. The van der Waals surface area contributed by atoms with Gasteiger partial charge in [-0.25, -0.2) is 4.79 Å². The number of nitrogens with one attached hydrogen (secondary N) is 1. The molecule has 0 bridgehead atoms. The summed E-state index contributed by atoms with van der Waals surface area (Å²) < 4.78 is 17.6. The van der Waals surface area contributed by atoms with Gasteiger partial charge in [-0.15, -0.1) is 0 Å². The van der Waals surface area contributed by atoms with Gasteiger partial charge in [0.2, 0.25) is 5.91 Å². The summed E-state index contributed by atoms with van der Waals surface area (Å²) in [6.45, 7) is 6.81. The van der Waals surface area contributed by atoms with E-state index in [-0.39, 0.29) is 30.3 Å². The van der Waals surface area contributed by atoms with Crippen LogP contribution in [0.15, 0.2) is 65.6 Å². The number of nitrogens with zero attached hydrogens (tertiary/aromatic N) is 2. The third-order valence-electron chi connectivity index (χ3n) is 7.48. The van der Waals surface area contributed by atoms with E-state index < -0.39 is 5.97 Å². The van der Waals surface area contributed by atoms with Gasteiger partial charge in [0.05, 0.1) is 35.3 Å². The molecular weight excluding hydrogens is 662 g/mol. The number of aromatic carboxylic acids is 1. The van der Waals surface area contributed by atoms with E-state index in [4.69, 9.17) is 43.1 Å². The summed E-state index contributed by atoms with van der Waals surface area (Å²) in [6.07, 6.45) is 1.78. The van der Waals surface area contributed by atoms with Crippen LogP contribution in [0.2, 0.25) is 5.02 Å². The van der Waals surface area contributed by atoms with E-state index in [1.807, 2.05) is 43.3 Å². The Morgan fingerprint density at radius 3 is 2.40 bits per heavy atom. The van der Waals surface area contributed by atoms with Crippen LogP contribution in [0.1, 0.15) is 29.3 Å². The number of hydrogen-bond acceptors (Lipinski definition) is 9. The molecule has 0 atom stereocenters. The fraction of sp³-hybridized carbons (Fsp3) is 0.294. The van der Waals surface area contributed by atoms with Crippen molar-refractivity contribution < 1.29 is 33.7 Å². The number of hydrogen-bond donors (Lipinski definition) is 2. The number of carboxylic acids is 1. The maximum absolute atomic E-state index is 13.5. The number of benzene rings is 3. The molecule has 3 aromatic rings. The van der Waals surface area contributed by atoms with Crippen molar-refractivity contribution >= 4 is 69.4 Å². The van der Waals surface area contributed by atoms with Crippen molar-refractivity contribution in [1.29, 1.82) is 0 Å². The van der Waals surface area contributed by atoms with Crippen molar-refractivity contribution in [1.82, 2.24) is 9.80 Å². The Bertz CT molecular complexity index is 1680. The summed E-state index contributed by atoms with van der Waals surface area (Å²) in [5.74, 6) is -0.451. The number of carbonyl (C=O) groups excluding carboxylic acids is 2. The van der Waals surface area contributed by atoms with Crippen LogP contribution in [0.25, 0.3) is 17.2 Å². The standard InChI is InChI=1S/C34H34ClN3O7S2/c1-2-44-29-10-6-24(20-27(29)35)23-5-9-28(45-18-15-37-13-16-43-17-14-37)25(19-23)21-30-32(40)38(34(46)47-30)12-11-31(39)36-26-7-3-22(4-8-26)33(41)42/h3-10,19-21H,2,11-18H2,1H3,(H,36,39)(H,41,42)/b30-21-. The molecule has 47 heavy (non-hydrogen) atoms. The Balaban J connectivity index is 1.31. The minimum Gasteiger partial charge on any atom is -0.492 e. The van der Waals surface area contributed by atoms with E-state index in [1.165, 1.54) is 40.9 Å². The van der Waals surface area contributed by atoms with Crippen molar-refractivity contribution in [2.75, 3.05) is 57.9 Å². The lowest BCUT2D eigenvalue weighted by atomic mass is 10.0. The van der Waals surface area contributed by atoms with Crippen LogP contribution >= 0.6 is 35.6 Å². The quantitative estimate of drug-likeness (QED) is 0.162. The number of thiocarbonyl (C=S) groups is 1. The molecule has 246 valence electrons. The average Bonchev–Trinajstić information content (AvgIpc) is 3.33. The van der Waals surface area contributed by atoms with Gasteiger partial charge < -0.3 is 24.6 Å². The summed E-state index contributed by atoms with van der Waals surface area (Å²) in [7, 11) is 0. The molecule has 0 aromatic heterocycles. The maximum atomic E-state index is 13.5. The van der Waals surface area contributed by atoms with Gasteiger partial charge in [0, 0.05) is 43.9 Å². The fourth-order valence-corrected chi connectivity index (χ4v) is 6.54. The molecule has 2 fully saturated rings. The highest BCUT2D eigenvalue weighted by Crippen LogP contribution is 2.37. The van der Waals surface area contributed by atoms with E-state index in [0.29, 0.717) is 63.4 Å². The van der Waals surface area contributed by atoms with Crippen LogP contribution in [-0.4, -0.2) is 89.6 Å². The minimum absolute atomic E-state index is 0.00425. The first-order valence-corrected chi connectivity index (χ1v) is 16.7. The largest absolute Gasteiger partial charge is 0.492 e. The normalized spacial score (nSPS) is 16.0. The number of amides is 2. The van der Waals surface area contributed by atoms with Gasteiger partial charge in [-0.05, 0) is 72.7 Å². The van der Waals surface area contributed by atoms with E-state index in [9.17, 15) is 14.4 Å². The van der Waals surface area contributed by atoms with Gasteiger partial charge in [0.1, 0.15) is 22.4 Å². The molecule has 2 aliphatic heterocycles. The zero-order valence-corrected chi connectivity index (χ0v) is 28.1. The predicted octanol–water partition coefficient (Wildman–Crippen LogP) is 6.04. The Labute approximate surface area is 287 Å². The van der Waals surface area contributed by atoms with Gasteiger partial charge in [-0.2, -0.15) is 0 Å². The average molecular weight is 696 g/mol. The molecule has 2 N–H and O–H groups in total. The van der Waals surface area contributed by atoms with Crippen LogP contribution in [0, 0.1) is 0 Å². The highest BCUT2D eigenvalue weighted by molar-refractivity contribution is 8.26. The Morgan fingerprint density at radius 2 is 1.72 bits per heavy atom. The first-order chi connectivity index (χ1) is 22.7. The number of thioether (sulfide) groups is 1. The van der Waals surface area contributed by atoms with Crippen LogP contribution in [0.4, 0.5) is 5.69 Å². The van der Waals surface area contributed by atoms with Crippen LogP contribution < -0.4 is 14.8 Å². The van der Waals surface area contributed by atoms with Crippen molar-refractivity contribution in [3.8, 4) is 22.6 Å². The van der Waals surface area contributed by atoms with E-state index in [0.717, 1.165) is 30.8 Å². The Hall–Kier alpha value is -3.94. The highest BCUT2D eigenvalue weighted by Gasteiger charge is 2.32. The zero-order valence-electron chi connectivity index (χ0n) is 25.7. The molecule has 2 heterocycles. The summed E-state index contributed by atoms with van der Waals surface area (Å²) in [6, 6.07) is 17.2. The molecule has 0 aliphatic carbocycles. The van der Waals surface area contributed by atoms with Crippen molar-refractivity contribution in [2.24, 2.45) is 0 Å². The lowest BCUT2D eigenvalue weighted by Crippen LogP contribution is -2.38. The number of morpholine rings is 1. The van der Waals surface area contributed by atoms with E-state index in [2.05, 4.69) is 10.2 Å². The van der Waals surface area contributed by atoms with E-state index >= 15 is 0 Å². The molecule has 0 saturated carbocycles. The number of ether oxygens (including phenoxy) is 3. The molecule has 2 amide bonds. The summed E-state index contributed by atoms with van der Waals surface area (Å²) >= 11 is 13.2. The topological polar surface area (TPSA) is 118 Å². The predicted molar refractivity (Wildman–Crippen MR) is 187 cm³/mol. The van der Waals surface area contributed by atoms with Gasteiger partial charge in [0.15, 0.2) is 0 Å². The second kappa shape index (κ2) is 16.2. The molecule has 2 saturated heterocycles. The monoisotopic (exact) mass is 695 g/mol. The third kappa shape index (κ3) is 9.11. The van der Waals surface area contributed by atoms with Gasteiger partial charge in [-0.1, -0.05) is 47.7 Å². The highest BCUT2D eigenvalue weighted by atomic mass is 35.5. The van der Waals surface area contributed by atoms with Gasteiger partial charge in [0.25, 0.3) is 5.91 Å². The molecule has 2 aliphatic rings. The SMILES string of the molecule is CCOc1ccc(-c2ccc(OCCN3CCOCC3)c(/C=C3\SC(=S)N(CCC(=O)Nc4ccc(C(=O)O)cc4)C3=O)c2)cc1Cl. The molecule has 0 radical (unpaired) electrons. The van der Waals surface area contributed by atoms with Crippen molar-refractivity contribution in [3.63, 3.8) is 0 Å². The maximum Gasteiger partial charge on any atom is 0.335 e. The second-order valence-corrected chi connectivity index (χ2v) is 12.7. The van der Waals surface area contributed by atoms with Crippen molar-refractivity contribution in [3.05, 3.63) is 81.7 Å². The molecule has 0 spiro atoms. The molecule has 10 nitrogen and oxygen atoms in total. The smallest absolute Gasteiger partial charge is 0.335 e. The molecule has 0 unspecified atom stereocenters. The first-order valence-electron chi connectivity index (χ1n) is 15.1. The molecule has 5 rings (SSSR count). The lowest BCUT2D eigenvalue weighted by Gasteiger charge is -2.26. The second-order valence-electron chi connectivity index (χ2n) is 10.6. The van der Waals surface area contributed by atoms with Crippen LogP contribution in [0.5, 0.6) is 11.5 Å². The molecule has 3 aromatic carbocycles. The number of halogens is 1. The minimum atomic E-state index is -1.05. The summed E-state index contributed by atoms with van der Waals surface area (Å²) in [5.41, 5.74) is 3.04. The van der Waals surface area contributed by atoms with Crippen molar-refractivity contribution in [2.45, 2.75) is 13.3 Å². The summed E-state index contributed by atoms with van der Waals surface area (Å²) in [5, 5.41) is 12.3. The summed E-state index contributed by atoms with van der Waals surface area (Å²) in [4.78, 5) is 41.3. The van der Waals surface area contributed by atoms with Crippen LogP contribution in [-0.2, 0) is 14.3 Å². The zero-order chi connectivity index (χ0) is 33.3. The first kappa shape index (κ1) is 34.4. The number of rotatable bonds is 13. The number of anilines is 1. The van der Waals surface area contributed by atoms with Crippen LogP contribution in [0.3, 0.4) is 0 Å². The van der Waals surface area contributed by atoms with Gasteiger partial charge in [-0.3, -0.25) is 19.4 Å². The lowest BCUT2D eigenvalue weighted by molar-refractivity contribution is -0.122. The third-order valence-corrected chi connectivity index (χ3v) is 9.16. The fourth-order valence-electron chi connectivity index (χ4n) is 5.00. The number of carboxylic acid groups (broad SMARTS) is 1.